The van der Waals surface area contributed by atoms with Gasteiger partial charge in [0, 0.05) is 81.7 Å². The first-order chi connectivity index (χ1) is 21.4. The van der Waals surface area contributed by atoms with Gasteiger partial charge in [0.25, 0.3) is 5.91 Å². The van der Waals surface area contributed by atoms with E-state index in [2.05, 4.69) is 38.8 Å². The van der Waals surface area contributed by atoms with Crippen molar-refractivity contribution >= 4 is 33.5 Å². The smallest absolute Gasteiger partial charge is 0.254 e. The van der Waals surface area contributed by atoms with Crippen LogP contribution in [0.5, 0.6) is 0 Å². The SMILES string of the molecule is CCn1cc(Cn2c(-c3cc4cccc5c4n3CCN5CCCOC)nc3cc(C(=O)N4CCCC(N)C4)cc(F)c32)cn1. The predicted octanol–water partition coefficient (Wildman–Crippen LogP) is 4.48. The number of imidazole rings is 1. The molecule has 5 heterocycles. The molecule has 0 spiro atoms. The number of rotatable bonds is 9. The highest BCUT2D eigenvalue weighted by Gasteiger charge is 2.28. The molecule has 5 aromatic rings. The largest absolute Gasteiger partial charge is 0.385 e. The van der Waals surface area contributed by atoms with Crippen LogP contribution in [0.15, 0.2) is 48.8 Å². The number of ether oxygens (including phenoxy) is 1. The summed E-state index contributed by atoms with van der Waals surface area (Å²) in [6.07, 6.45) is 6.49. The number of nitrogens with two attached hydrogens (primary N) is 1. The fourth-order valence-corrected chi connectivity index (χ4v) is 6.86. The summed E-state index contributed by atoms with van der Waals surface area (Å²) in [6, 6.07) is 11.6. The molecule has 7 rings (SSSR count). The highest BCUT2D eigenvalue weighted by Crippen LogP contribution is 2.38. The van der Waals surface area contributed by atoms with Crippen LogP contribution in [0, 0.1) is 5.82 Å². The Balaban J connectivity index is 1.36. The monoisotopic (exact) mass is 598 g/mol. The number of amides is 1. The Kier molecular flexibility index (Phi) is 7.59. The molecule has 0 aliphatic carbocycles. The van der Waals surface area contributed by atoms with Gasteiger partial charge < -0.3 is 29.4 Å². The van der Waals surface area contributed by atoms with Crippen LogP contribution in [-0.2, 0) is 24.4 Å². The molecule has 0 radical (unpaired) electrons. The average Bonchev–Trinajstić information content (AvgIpc) is 3.74. The quantitative estimate of drug-likeness (QED) is 0.251. The van der Waals surface area contributed by atoms with E-state index in [4.69, 9.17) is 15.5 Å². The second-order valence-corrected chi connectivity index (χ2v) is 11.9. The van der Waals surface area contributed by atoms with Crippen LogP contribution in [0.2, 0.25) is 0 Å². The Bertz CT molecular complexity index is 1840. The second-order valence-electron chi connectivity index (χ2n) is 11.9. The van der Waals surface area contributed by atoms with Crippen molar-refractivity contribution in [3.05, 3.63) is 65.7 Å². The van der Waals surface area contributed by atoms with Gasteiger partial charge in [0.05, 0.1) is 35.2 Å². The molecule has 2 aromatic carbocycles. The molecule has 11 heteroatoms. The molecule has 44 heavy (non-hydrogen) atoms. The summed E-state index contributed by atoms with van der Waals surface area (Å²) in [6.45, 7) is 7.55. The van der Waals surface area contributed by atoms with Crippen molar-refractivity contribution in [2.45, 2.75) is 51.9 Å². The number of carbonyl (C=O) groups excluding carboxylic acids is 1. The lowest BCUT2D eigenvalue weighted by Crippen LogP contribution is -2.45. The lowest BCUT2D eigenvalue weighted by Gasteiger charge is -2.31. The van der Waals surface area contributed by atoms with Crippen molar-refractivity contribution < 1.29 is 13.9 Å². The van der Waals surface area contributed by atoms with Crippen molar-refractivity contribution in [1.29, 1.82) is 0 Å². The Morgan fingerprint density at radius 2 is 2.05 bits per heavy atom. The van der Waals surface area contributed by atoms with Crippen LogP contribution in [0.3, 0.4) is 0 Å². The van der Waals surface area contributed by atoms with Crippen LogP contribution >= 0.6 is 0 Å². The number of benzene rings is 2. The van der Waals surface area contributed by atoms with Crippen LogP contribution in [0.25, 0.3) is 33.5 Å². The highest BCUT2D eigenvalue weighted by atomic mass is 19.1. The Labute approximate surface area is 255 Å². The molecule has 1 unspecified atom stereocenters. The molecule has 2 N–H and O–H groups in total. The number of hydrogen-bond donors (Lipinski definition) is 1. The number of aromatic nitrogens is 5. The predicted molar refractivity (Wildman–Crippen MR) is 169 cm³/mol. The van der Waals surface area contributed by atoms with Gasteiger partial charge in [-0.05, 0) is 50.5 Å². The van der Waals surface area contributed by atoms with E-state index in [1.807, 2.05) is 28.6 Å². The first kappa shape index (κ1) is 28.5. The zero-order chi connectivity index (χ0) is 30.4. The summed E-state index contributed by atoms with van der Waals surface area (Å²) >= 11 is 0. The van der Waals surface area contributed by atoms with Crippen LogP contribution < -0.4 is 10.6 Å². The van der Waals surface area contributed by atoms with Crippen molar-refractivity contribution in [3.8, 4) is 11.5 Å². The van der Waals surface area contributed by atoms with Gasteiger partial charge >= 0.3 is 0 Å². The number of para-hydroxylation sites is 1. The number of likely N-dealkylation sites (tertiary alicyclic amines) is 1. The molecule has 0 saturated carbocycles. The van der Waals surface area contributed by atoms with Gasteiger partial charge in [0.2, 0.25) is 0 Å². The summed E-state index contributed by atoms with van der Waals surface area (Å²) in [5.74, 6) is -0.000671. The lowest BCUT2D eigenvalue weighted by atomic mass is 10.0. The molecule has 3 aromatic heterocycles. The van der Waals surface area contributed by atoms with E-state index >= 15 is 4.39 Å². The van der Waals surface area contributed by atoms with Gasteiger partial charge in [-0.2, -0.15) is 5.10 Å². The molecule has 10 nitrogen and oxygen atoms in total. The molecule has 1 amide bonds. The number of halogens is 1. The number of nitrogens with zero attached hydrogens (tertiary/aromatic N) is 7. The number of anilines is 1. The number of piperidine rings is 1. The summed E-state index contributed by atoms with van der Waals surface area (Å²) < 4.78 is 27.6. The lowest BCUT2D eigenvalue weighted by molar-refractivity contribution is 0.0708. The van der Waals surface area contributed by atoms with E-state index in [0.29, 0.717) is 42.1 Å². The maximum atomic E-state index is 16.2. The van der Waals surface area contributed by atoms with E-state index in [1.165, 1.54) is 11.8 Å². The van der Waals surface area contributed by atoms with E-state index < -0.39 is 5.82 Å². The van der Waals surface area contributed by atoms with Gasteiger partial charge in [0.1, 0.15) is 11.3 Å². The Hall–Kier alpha value is -4.22. The molecule has 0 bridgehead atoms. The molecule has 1 atom stereocenters. The molecule has 2 aliphatic heterocycles. The number of aryl methyl sites for hydroxylation is 1. The van der Waals surface area contributed by atoms with Crippen molar-refractivity contribution in [2.75, 3.05) is 44.8 Å². The van der Waals surface area contributed by atoms with Crippen molar-refractivity contribution in [3.63, 3.8) is 0 Å². The zero-order valence-corrected chi connectivity index (χ0v) is 25.4. The standard InChI is InChI=1S/C33H39FN8O2/c1-3-40-19-22(18-36-40)20-42-31-26(34)15-24(33(43)39-10-5-8-25(35)21-39)16-27(31)37-32(42)29-17-23-7-4-9-28-30(23)41(29)13-12-38(28)11-6-14-44-2/h4,7,9,15-19,25H,3,5-6,8,10-14,20-21,35H2,1-2H3. The van der Waals surface area contributed by atoms with Crippen LogP contribution in [-0.4, -0.2) is 80.6 Å². The maximum Gasteiger partial charge on any atom is 0.254 e. The molecule has 1 saturated heterocycles. The van der Waals surface area contributed by atoms with Gasteiger partial charge in [-0.15, -0.1) is 0 Å². The zero-order valence-electron chi connectivity index (χ0n) is 25.4. The van der Waals surface area contributed by atoms with Gasteiger partial charge in [-0.1, -0.05) is 12.1 Å². The normalized spacial score (nSPS) is 16.9. The van der Waals surface area contributed by atoms with Crippen molar-refractivity contribution in [2.24, 2.45) is 5.73 Å². The minimum Gasteiger partial charge on any atom is -0.385 e. The molecular formula is C33H39FN8O2. The third-order valence-electron chi connectivity index (χ3n) is 8.98. The third-order valence-corrected chi connectivity index (χ3v) is 8.98. The summed E-state index contributed by atoms with van der Waals surface area (Å²) in [4.78, 5) is 22.7. The van der Waals surface area contributed by atoms with Gasteiger partial charge in [-0.25, -0.2) is 9.37 Å². The average molecular weight is 599 g/mol. The summed E-state index contributed by atoms with van der Waals surface area (Å²) in [5.41, 5.74) is 11.5. The first-order valence-electron chi connectivity index (χ1n) is 15.6. The molecular weight excluding hydrogens is 559 g/mol. The Morgan fingerprint density at radius 3 is 2.84 bits per heavy atom. The molecule has 230 valence electrons. The van der Waals surface area contributed by atoms with Crippen molar-refractivity contribution in [1.82, 2.24) is 28.8 Å². The van der Waals surface area contributed by atoms with Gasteiger partial charge in [0.15, 0.2) is 5.82 Å². The van der Waals surface area contributed by atoms with E-state index in [1.54, 1.807) is 18.1 Å². The number of fused-ring (bicyclic) bond motifs is 1. The van der Waals surface area contributed by atoms with Crippen LogP contribution in [0.1, 0.15) is 42.1 Å². The number of hydrogen-bond acceptors (Lipinski definition) is 6. The number of methoxy groups -OCH3 is 1. The third kappa shape index (κ3) is 5.03. The van der Waals surface area contributed by atoms with Crippen LogP contribution in [0.4, 0.5) is 10.1 Å². The van der Waals surface area contributed by atoms with E-state index in [0.717, 1.165) is 74.2 Å². The summed E-state index contributed by atoms with van der Waals surface area (Å²) in [7, 11) is 1.73. The maximum absolute atomic E-state index is 16.2. The number of carbonyl (C=O) groups is 1. The molecule has 2 aliphatic rings. The van der Waals surface area contributed by atoms with E-state index in [-0.39, 0.29) is 11.9 Å². The minimum atomic E-state index is -0.464. The molecule has 1 fully saturated rings. The fraction of sp³-hybridized carbons (Fsp3) is 0.424. The first-order valence-corrected chi connectivity index (χ1v) is 15.6. The Morgan fingerprint density at radius 1 is 1.16 bits per heavy atom. The second kappa shape index (κ2) is 11.7. The van der Waals surface area contributed by atoms with Gasteiger partial charge in [-0.3, -0.25) is 9.48 Å². The van der Waals surface area contributed by atoms with E-state index in [9.17, 15) is 4.79 Å². The topological polar surface area (TPSA) is 99.4 Å². The highest BCUT2D eigenvalue weighted by molar-refractivity contribution is 5.99. The fourth-order valence-electron chi connectivity index (χ4n) is 6.86. The summed E-state index contributed by atoms with van der Waals surface area (Å²) in [5, 5.41) is 5.57. The minimum absolute atomic E-state index is 0.0580.